The predicted molar refractivity (Wildman–Crippen MR) is 93.8 cm³/mol. The molecule has 2 nitrogen and oxygen atoms in total. The Bertz CT molecular complexity index is 994. The summed E-state index contributed by atoms with van der Waals surface area (Å²) in [6, 6.07) is 25.8. The van der Waals surface area contributed by atoms with Crippen molar-refractivity contribution in [3.63, 3.8) is 0 Å². The summed E-state index contributed by atoms with van der Waals surface area (Å²) >= 11 is 0. The van der Waals surface area contributed by atoms with Crippen molar-refractivity contribution in [3.05, 3.63) is 84.4 Å². The molecule has 0 aliphatic carbocycles. The van der Waals surface area contributed by atoms with Crippen molar-refractivity contribution in [2.75, 3.05) is 0 Å². The van der Waals surface area contributed by atoms with E-state index < -0.39 is 5.97 Å². The first-order chi connectivity index (χ1) is 11.2. The fourth-order valence-corrected chi connectivity index (χ4v) is 3.13. The molecule has 0 aliphatic heterocycles. The lowest BCUT2D eigenvalue weighted by atomic mass is 9.91. The quantitative estimate of drug-likeness (QED) is 0.506. The summed E-state index contributed by atoms with van der Waals surface area (Å²) in [6.45, 7) is 0. The van der Waals surface area contributed by atoms with E-state index in [1.54, 1.807) is 18.2 Å². The molecule has 1 N–H and O–H groups in total. The van der Waals surface area contributed by atoms with Crippen molar-refractivity contribution in [3.8, 4) is 11.1 Å². The Morgan fingerprint density at radius 1 is 0.696 bits per heavy atom. The zero-order valence-corrected chi connectivity index (χ0v) is 12.4. The molecule has 0 aliphatic rings. The maximum Gasteiger partial charge on any atom is 0.335 e. The van der Waals surface area contributed by atoms with Crippen molar-refractivity contribution < 1.29 is 9.90 Å². The van der Waals surface area contributed by atoms with Crippen LogP contribution in [0.4, 0.5) is 0 Å². The van der Waals surface area contributed by atoms with Gasteiger partial charge in [-0.2, -0.15) is 0 Å². The number of hydrogen-bond donors (Lipinski definition) is 1. The molecule has 0 saturated heterocycles. The van der Waals surface area contributed by atoms with Gasteiger partial charge in [0.15, 0.2) is 0 Å². The summed E-state index contributed by atoms with van der Waals surface area (Å²) in [7, 11) is 0. The van der Waals surface area contributed by atoms with Gasteiger partial charge in [-0.05, 0) is 50.9 Å². The van der Waals surface area contributed by atoms with E-state index in [-0.39, 0.29) is 0 Å². The van der Waals surface area contributed by atoms with Gasteiger partial charge in [-0.1, -0.05) is 60.7 Å². The highest BCUT2D eigenvalue weighted by molar-refractivity contribution is 6.13. The van der Waals surface area contributed by atoms with Gasteiger partial charge in [0.25, 0.3) is 0 Å². The molecular weight excluding hydrogens is 284 g/mol. The molecule has 2 heteroatoms. The van der Waals surface area contributed by atoms with Gasteiger partial charge >= 0.3 is 5.97 Å². The summed E-state index contributed by atoms with van der Waals surface area (Å²) in [5, 5.41) is 13.9. The van der Waals surface area contributed by atoms with Crippen molar-refractivity contribution in [2.24, 2.45) is 0 Å². The molecule has 0 spiro atoms. The van der Waals surface area contributed by atoms with Crippen molar-refractivity contribution >= 4 is 27.5 Å². The largest absolute Gasteiger partial charge is 0.478 e. The van der Waals surface area contributed by atoms with Crippen LogP contribution in [0.5, 0.6) is 0 Å². The molecule has 0 fully saturated rings. The molecule has 23 heavy (non-hydrogen) atoms. The van der Waals surface area contributed by atoms with E-state index >= 15 is 0 Å². The molecule has 0 amide bonds. The summed E-state index contributed by atoms with van der Waals surface area (Å²) in [6.07, 6.45) is 0. The van der Waals surface area contributed by atoms with Crippen LogP contribution in [0.2, 0.25) is 0 Å². The highest BCUT2D eigenvalue weighted by Crippen LogP contribution is 2.36. The minimum atomic E-state index is -0.906. The lowest BCUT2D eigenvalue weighted by molar-refractivity contribution is 0.0697. The zero-order chi connectivity index (χ0) is 15.8. The Kier molecular flexibility index (Phi) is 3.09. The third kappa shape index (κ3) is 2.25. The average molecular weight is 298 g/mol. The first-order valence-electron chi connectivity index (χ1n) is 7.48. The Hall–Kier alpha value is -3.13. The topological polar surface area (TPSA) is 37.3 Å². The molecule has 4 aromatic carbocycles. The van der Waals surface area contributed by atoms with E-state index in [0.29, 0.717) is 5.56 Å². The first-order valence-corrected chi connectivity index (χ1v) is 7.48. The van der Waals surface area contributed by atoms with Gasteiger partial charge in [0.2, 0.25) is 0 Å². The molecule has 0 aromatic heterocycles. The molecule has 4 rings (SSSR count). The van der Waals surface area contributed by atoms with Gasteiger partial charge in [-0.25, -0.2) is 4.79 Å². The average Bonchev–Trinajstić information content (AvgIpc) is 2.59. The molecular formula is C21H14O2. The van der Waals surface area contributed by atoms with E-state index in [9.17, 15) is 9.90 Å². The van der Waals surface area contributed by atoms with Crippen LogP contribution < -0.4 is 0 Å². The van der Waals surface area contributed by atoms with Crippen LogP contribution in [0, 0.1) is 0 Å². The van der Waals surface area contributed by atoms with Crippen LogP contribution >= 0.6 is 0 Å². The number of carboxylic acid groups (broad SMARTS) is 1. The third-order valence-electron chi connectivity index (χ3n) is 4.17. The minimum absolute atomic E-state index is 0.305. The maximum atomic E-state index is 11.3. The molecule has 4 aromatic rings. The van der Waals surface area contributed by atoms with Gasteiger partial charge < -0.3 is 5.11 Å². The van der Waals surface area contributed by atoms with Crippen LogP contribution in [-0.4, -0.2) is 11.1 Å². The molecule has 0 radical (unpaired) electrons. The Balaban J connectivity index is 2.15. The lowest BCUT2D eigenvalue weighted by Crippen LogP contribution is -1.96. The van der Waals surface area contributed by atoms with Crippen molar-refractivity contribution in [2.45, 2.75) is 0 Å². The standard InChI is InChI=1S/C21H14O2/c22-21(23)17-9-5-8-16(13-17)20-18-10-3-1-6-14(18)12-15-7-2-4-11-19(15)20/h1-13H,(H,22,23). The SMILES string of the molecule is O=C(O)c1cccc(-c2c3ccccc3cc3ccccc23)c1. The van der Waals surface area contributed by atoms with Gasteiger partial charge in [-0.3, -0.25) is 0 Å². The fourth-order valence-electron chi connectivity index (χ4n) is 3.13. The molecule has 0 heterocycles. The van der Waals surface area contributed by atoms with E-state index in [4.69, 9.17) is 0 Å². The second-order valence-electron chi connectivity index (χ2n) is 5.58. The van der Waals surface area contributed by atoms with Crippen molar-refractivity contribution in [1.82, 2.24) is 0 Å². The highest BCUT2D eigenvalue weighted by atomic mass is 16.4. The smallest absolute Gasteiger partial charge is 0.335 e. The third-order valence-corrected chi connectivity index (χ3v) is 4.17. The monoisotopic (exact) mass is 298 g/mol. The number of benzene rings is 4. The Morgan fingerprint density at radius 2 is 1.30 bits per heavy atom. The Labute approximate surface area is 133 Å². The van der Waals surface area contributed by atoms with Gasteiger partial charge in [0.1, 0.15) is 0 Å². The van der Waals surface area contributed by atoms with E-state index in [2.05, 4.69) is 30.3 Å². The number of aromatic carboxylic acids is 1. The summed E-state index contributed by atoms with van der Waals surface area (Å²) in [5.74, 6) is -0.906. The number of rotatable bonds is 2. The minimum Gasteiger partial charge on any atom is -0.478 e. The number of fused-ring (bicyclic) bond motifs is 2. The number of hydrogen-bond acceptors (Lipinski definition) is 1. The van der Waals surface area contributed by atoms with E-state index in [1.807, 2.05) is 30.3 Å². The predicted octanol–water partition coefficient (Wildman–Crippen LogP) is 5.36. The molecule has 0 atom stereocenters. The highest BCUT2D eigenvalue weighted by Gasteiger charge is 2.11. The normalized spacial score (nSPS) is 11.0. The van der Waals surface area contributed by atoms with Crippen LogP contribution in [0.25, 0.3) is 32.7 Å². The number of carbonyl (C=O) groups is 1. The summed E-state index contributed by atoms with van der Waals surface area (Å²) < 4.78 is 0. The van der Waals surface area contributed by atoms with E-state index in [1.165, 1.54) is 0 Å². The van der Waals surface area contributed by atoms with Crippen LogP contribution in [0.15, 0.2) is 78.9 Å². The lowest BCUT2D eigenvalue weighted by Gasteiger charge is -2.12. The zero-order valence-electron chi connectivity index (χ0n) is 12.4. The van der Waals surface area contributed by atoms with E-state index in [0.717, 1.165) is 32.7 Å². The van der Waals surface area contributed by atoms with Gasteiger partial charge in [-0.15, -0.1) is 0 Å². The van der Waals surface area contributed by atoms with Crippen LogP contribution in [-0.2, 0) is 0 Å². The molecule has 0 bridgehead atoms. The molecule has 0 saturated carbocycles. The number of carboxylic acids is 1. The second-order valence-corrected chi connectivity index (χ2v) is 5.58. The van der Waals surface area contributed by atoms with Gasteiger partial charge in [0.05, 0.1) is 5.56 Å². The fraction of sp³-hybridized carbons (Fsp3) is 0. The Morgan fingerprint density at radius 3 is 1.91 bits per heavy atom. The van der Waals surface area contributed by atoms with Crippen LogP contribution in [0.3, 0.4) is 0 Å². The molecule has 0 unspecified atom stereocenters. The van der Waals surface area contributed by atoms with Crippen molar-refractivity contribution in [1.29, 1.82) is 0 Å². The van der Waals surface area contributed by atoms with Gasteiger partial charge in [0, 0.05) is 0 Å². The second kappa shape index (κ2) is 5.25. The summed E-state index contributed by atoms with van der Waals surface area (Å²) in [5.41, 5.74) is 2.32. The summed E-state index contributed by atoms with van der Waals surface area (Å²) in [4.78, 5) is 11.3. The maximum absolute atomic E-state index is 11.3. The first kappa shape index (κ1) is 13.5. The van der Waals surface area contributed by atoms with Crippen LogP contribution in [0.1, 0.15) is 10.4 Å². The molecule has 110 valence electrons.